The maximum absolute atomic E-state index is 12.8. The molecule has 146 valence electrons. The van der Waals surface area contributed by atoms with Crippen LogP contribution in [0.5, 0.6) is 11.5 Å². The van der Waals surface area contributed by atoms with Crippen LogP contribution in [0.1, 0.15) is 17.9 Å². The molecule has 0 bridgehead atoms. The molecule has 1 fully saturated rings. The van der Waals surface area contributed by atoms with Crippen LogP contribution in [0.25, 0.3) is 22.3 Å². The van der Waals surface area contributed by atoms with Gasteiger partial charge in [-0.2, -0.15) is 0 Å². The average molecular weight is 402 g/mol. The Kier molecular flexibility index (Phi) is 4.79. The molecule has 1 saturated heterocycles. The van der Waals surface area contributed by atoms with E-state index in [0.29, 0.717) is 22.6 Å². The van der Waals surface area contributed by atoms with Crippen molar-refractivity contribution in [2.75, 3.05) is 20.2 Å². The van der Waals surface area contributed by atoms with E-state index in [2.05, 4.69) is 0 Å². The lowest BCUT2D eigenvalue weighted by Gasteiger charge is -2.24. The molecule has 0 aliphatic carbocycles. The summed E-state index contributed by atoms with van der Waals surface area (Å²) in [5.41, 5.74) is 0.655. The number of aliphatic hydroxyl groups is 1. The maximum atomic E-state index is 12.8. The van der Waals surface area contributed by atoms with Crippen LogP contribution in [-0.4, -0.2) is 46.5 Å². The Balaban J connectivity index is 2.03. The molecule has 0 radical (unpaired) electrons. The highest BCUT2D eigenvalue weighted by Crippen LogP contribution is 2.44. The number of benzene rings is 2. The van der Waals surface area contributed by atoms with Crippen molar-refractivity contribution in [2.45, 2.75) is 18.4 Å². The molecule has 2 atom stereocenters. The Bertz CT molecular complexity index is 1110. The van der Waals surface area contributed by atoms with Crippen LogP contribution in [0.2, 0.25) is 5.02 Å². The first-order chi connectivity index (χ1) is 13.4. The van der Waals surface area contributed by atoms with Gasteiger partial charge < -0.3 is 24.6 Å². The second-order valence-corrected chi connectivity index (χ2v) is 7.52. The lowest BCUT2D eigenvalue weighted by Crippen LogP contribution is -2.32. The summed E-state index contributed by atoms with van der Waals surface area (Å²) in [4.78, 5) is 14.8. The molecule has 0 amide bonds. The van der Waals surface area contributed by atoms with E-state index in [1.807, 2.05) is 11.9 Å². The fourth-order valence-corrected chi connectivity index (χ4v) is 4.31. The van der Waals surface area contributed by atoms with Gasteiger partial charge in [-0.15, -0.1) is 0 Å². The minimum atomic E-state index is -0.429. The van der Waals surface area contributed by atoms with Crippen molar-refractivity contribution in [2.24, 2.45) is 0 Å². The summed E-state index contributed by atoms with van der Waals surface area (Å²) in [6, 6.07) is 9.19. The molecule has 1 aliphatic heterocycles. The van der Waals surface area contributed by atoms with Crippen LogP contribution in [0.4, 0.5) is 0 Å². The van der Waals surface area contributed by atoms with Crippen molar-refractivity contribution in [3.05, 3.63) is 57.2 Å². The molecule has 1 aromatic heterocycles. The van der Waals surface area contributed by atoms with Crippen molar-refractivity contribution in [1.29, 1.82) is 0 Å². The minimum absolute atomic E-state index is 0.00912. The third kappa shape index (κ3) is 2.94. The summed E-state index contributed by atoms with van der Waals surface area (Å²) >= 11 is 6.26. The molecule has 6 nitrogen and oxygen atoms in total. The number of halogens is 1. The third-order valence-electron chi connectivity index (χ3n) is 5.52. The Morgan fingerprint density at radius 3 is 2.68 bits per heavy atom. The molecule has 28 heavy (non-hydrogen) atoms. The van der Waals surface area contributed by atoms with Crippen LogP contribution in [0, 0.1) is 0 Å². The normalized spacial score (nSPS) is 20.1. The second-order valence-electron chi connectivity index (χ2n) is 7.11. The highest BCUT2D eigenvalue weighted by molar-refractivity contribution is 6.33. The van der Waals surface area contributed by atoms with Crippen LogP contribution >= 0.6 is 11.6 Å². The van der Waals surface area contributed by atoms with Gasteiger partial charge in [-0.05, 0) is 32.1 Å². The van der Waals surface area contributed by atoms with E-state index in [4.69, 9.17) is 16.0 Å². The molecule has 7 heteroatoms. The Morgan fingerprint density at radius 2 is 1.96 bits per heavy atom. The Morgan fingerprint density at radius 1 is 1.21 bits per heavy atom. The number of hydrogen-bond acceptors (Lipinski definition) is 6. The molecule has 3 N–H and O–H groups in total. The van der Waals surface area contributed by atoms with Crippen LogP contribution in [0.3, 0.4) is 0 Å². The fraction of sp³-hybridized carbons (Fsp3) is 0.286. The van der Waals surface area contributed by atoms with Gasteiger partial charge in [0.25, 0.3) is 0 Å². The van der Waals surface area contributed by atoms with Crippen LogP contribution in [-0.2, 0) is 0 Å². The highest BCUT2D eigenvalue weighted by Gasteiger charge is 2.36. The number of hydrogen-bond donors (Lipinski definition) is 3. The summed E-state index contributed by atoms with van der Waals surface area (Å²) < 4.78 is 6.04. The van der Waals surface area contributed by atoms with Crippen molar-refractivity contribution in [3.8, 4) is 22.8 Å². The first-order valence-electron chi connectivity index (χ1n) is 9.01. The summed E-state index contributed by atoms with van der Waals surface area (Å²) in [7, 11) is 1.89. The molecule has 1 unspecified atom stereocenters. The SMILES string of the molecule is CN1CCC(c2c(O)cc(O)c3c(=O)cc(-c4ccccc4Cl)oc23)[C@H]1CO. The van der Waals surface area contributed by atoms with Crippen molar-refractivity contribution in [1.82, 2.24) is 4.90 Å². The Hall–Kier alpha value is -2.54. The maximum Gasteiger partial charge on any atom is 0.197 e. The molecule has 1 aliphatic rings. The highest BCUT2D eigenvalue weighted by atomic mass is 35.5. The molecule has 3 aromatic rings. The number of phenols is 2. The summed E-state index contributed by atoms with van der Waals surface area (Å²) in [5.74, 6) is -0.505. The lowest BCUT2D eigenvalue weighted by molar-refractivity contribution is 0.172. The van der Waals surface area contributed by atoms with Gasteiger partial charge in [0.2, 0.25) is 0 Å². The zero-order chi connectivity index (χ0) is 20.0. The molecular weight excluding hydrogens is 382 g/mol. The van der Waals surface area contributed by atoms with Crippen LogP contribution in [0.15, 0.2) is 45.6 Å². The predicted molar refractivity (Wildman–Crippen MR) is 107 cm³/mol. The summed E-state index contributed by atoms with van der Waals surface area (Å²) in [6.45, 7) is 0.629. The van der Waals surface area contributed by atoms with Gasteiger partial charge in [-0.3, -0.25) is 4.79 Å². The monoisotopic (exact) mass is 401 g/mol. The number of phenolic OH excluding ortho intramolecular Hbond substituents is 2. The van der Waals surface area contributed by atoms with Crippen molar-refractivity contribution in [3.63, 3.8) is 0 Å². The summed E-state index contributed by atoms with van der Waals surface area (Å²) in [5, 5.41) is 31.2. The van der Waals surface area contributed by atoms with E-state index in [-0.39, 0.29) is 46.8 Å². The molecule has 0 saturated carbocycles. The fourth-order valence-electron chi connectivity index (χ4n) is 4.09. The number of likely N-dealkylation sites (N-methyl/N-ethyl adjacent to an activating group) is 1. The number of fused-ring (bicyclic) bond motifs is 1. The van der Waals surface area contributed by atoms with Crippen molar-refractivity contribution >= 4 is 22.6 Å². The third-order valence-corrected chi connectivity index (χ3v) is 5.85. The van der Waals surface area contributed by atoms with Gasteiger partial charge in [0.15, 0.2) is 5.43 Å². The topological polar surface area (TPSA) is 94.1 Å². The first kappa shape index (κ1) is 18.8. The first-order valence-corrected chi connectivity index (χ1v) is 9.38. The molecule has 0 spiro atoms. The molecular formula is C21H20ClNO5. The minimum Gasteiger partial charge on any atom is -0.507 e. The van der Waals surface area contributed by atoms with Crippen molar-refractivity contribution < 1.29 is 19.7 Å². The van der Waals surface area contributed by atoms with Gasteiger partial charge in [0, 0.05) is 35.2 Å². The largest absolute Gasteiger partial charge is 0.507 e. The Labute approximate surface area is 166 Å². The van der Waals surface area contributed by atoms with E-state index in [1.165, 1.54) is 6.07 Å². The van der Waals surface area contributed by atoms with Gasteiger partial charge in [-0.1, -0.05) is 23.7 Å². The molecule has 2 heterocycles. The average Bonchev–Trinajstić information content (AvgIpc) is 3.01. The molecule has 2 aromatic carbocycles. The van der Waals surface area contributed by atoms with Gasteiger partial charge in [0.05, 0.1) is 11.6 Å². The lowest BCUT2D eigenvalue weighted by atomic mass is 9.89. The molecule has 4 rings (SSSR count). The number of rotatable bonds is 3. The number of likely N-dealkylation sites (tertiary alicyclic amines) is 1. The zero-order valence-corrected chi connectivity index (χ0v) is 16.0. The van der Waals surface area contributed by atoms with E-state index in [1.54, 1.807) is 24.3 Å². The smallest absolute Gasteiger partial charge is 0.197 e. The summed E-state index contributed by atoms with van der Waals surface area (Å²) in [6.07, 6.45) is 0.676. The van der Waals surface area contributed by atoms with Crippen LogP contribution < -0.4 is 5.43 Å². The quantitative estimate of drug-likeness (QED) is 0.623. The number of aliphatic hydroxyl groups excluding tert-OH is 1. The number of aromatic hydroxyl groups is 2. The standard InChI is InChI=1S/C21H20ClNO5/c1-23-7-6-12(14(23)10-24)19-15(25)8-16(26)20-17(27)9-18(28-21(19)20)11-4-2-3-5-13(11)22/h2-5,8-9,12,14,24-26H,6-7,10H2,1H3/t12?,14-/m1/s1. The van der Waals surface area contributed by atoms with E-state index >= 15 is 0 Å². The van der Waals surface area contributed by atoms with Gasteiger partial charge in [-0.25, -0.2) is 0 Å². The van der Waals surface area contributed by atoms with Gasteiger partial charge >= 0.3 is 0 Å². The predicted octanol–water partition coefficient (Wildman–Crippen LogP) is 3.30. The number of nitrogens with zero attached hydrogens (tertiary/aromatic N) is 1. The van der Waals surface area contributed by atoms with Gasteiger partial charge in [0.1, 0.15) is 28.2 Å². The van der Waals surface area contributed by atoms with E-state index in [9.17, 15) is 20.1 Å². The zero-order valence-electron chi connectivity index (χ0n) is 15.2. The van der Waals surface area contributed by atoms with E-state index < -0.39 is 5.43 Å². The second kappa shape index (κ2) is 7.13. The van der Waals surface area contributed by atoms with E-state index in [0.717, 1.165) is 12.6 Å².